The van der Waals surface area contributed by atoms with Gasteiger partial charge in [0.2, 0.25) is 5.91 Å². The molecule has 0 fully saturated rings. The quantitative estimate of drug-likeness (QED) is 0.792. The summed E-state index contributed by atoms with van der Waals surface area (Å²) in [7, 11) is 3.00. The summed E-state index contributed by atoms with van der Waals surface area (Å²) in [6.45, 7) is -0.148. The number of benzene rings is 2. The molecule has 0 saturated carbocycles. The number of ether oxygens (including phenoxy) is 2. The number of amides is 2. The minimum atomic E-state index is -0.392. The molecule has 0 unspecified atom stereocenters. The number of carbonyl (C=O) groups excluding carboxylic acids is 2. The summed E-state index contributed by atoms with van der Waals surface area (Å²) in [6.07, 6.45) is 0. The van der Waals surface area contributed by atoms with Gasteiger partial charge in [0.05, 0.1) is 20.8 Å². The highest BCUT2D eigenvalue weighted by Gasteiger charge is 2.11. The highest BCUT2D eigenvalue weighted by atomic mass is 79.9. The molecule has 0 aliphatic heterocycles. The number of anilines is 1. The van der Waals surface area contributed by atoms with Crippen LogP contribution in [0.5, 0.6) is 11.5 Å². The van der Waals surface area contributed by atoms with Crippen LogP contribution in [0.15, 0.2) is 46.9 Å². The number of methoxy groups -OCH3 is 2. The van der Waals surface area contributed by atoms with Crippen molar-refractivity contribution in [1.82, 2.24) is 5.32 Å². The zero-order valence-electron chi connectivity index (χ0n) is 13.3. The van der Waals surface area contributed by atoms with Crippen LogP contribution >= 0.6 is 15.9 Å². The smallest absolute Gasteiger partial charge is 0.251 e. The van der Waals surface area contributed by atoms with E-state index in [-0.39, 0.29) is 12.5 Å². The summed E-state index contributed by atoms with van der Waals surface area (Å²) in [5.41, 5.74) is 0.994. The topological polar surface area (TPSA) is 76.7 Å². The molecule has 0 radical (unpaired) electrons. The Morgan fingerprint density at radius 2 is 1.71 bits per heavy atom. The molecule has 0 spiro atoms. The molecule has 0 bridgehead atoms. The van der Waals surface area contributed by atoms with E-state index in [1.165, 1.54) is 14.2 Å². The van der Waals surface area contributed by atoms with Crippen LogP contribution in [0.1, 0.15) is 10.4 Å². The van der Waals surface area contributed by atoms with Crippen molar-refractivity contribution < 1.29 is 19.1 Å². The van der Waals surface area contributed by atoms with Crippen LogP contribution in [0.25, 0.3) is 0 Å². The summed E-state index contributed by atoms with van der Waals surface area (Å²) >= 11 is 3.33. The molecule has 2 N–H and O–H groups in total. The van der Waals surface area contributed by atoms with Crippen molar-refractivity contribution in [2.24, 2.45) is 0 Å². The Bertz CT molecular complexity index is 727. The molecule has 2 aromatic carbocycles. The summed E-state index contributed by atoms with van der Waals surface area (Å²) < 4.78 is 11.1. The van der Waals surface area contributed by atoms with Gasteiger partial charge < -0.3 is 20.1 Å². The lowest BCUT2D eigenvalue weighted by atomic mass is 10.2. The summed E-state index contributed by atoms with van der Waals surface area (Å²) in [4.78, 5) is 24.1. The lowest BCUT2D eigenvalue weighted by molar-refractivity contribution is -0.115. The van der Waals surface area contributed by atoms with E-state index >= 15 is 0 Å². The first-order chi connectivity index (χ1) is 11.5. The predicted octanol–water partition coefficient (Wildman–Crippen LogP) is 2.83. The third-order valence-electron chi connectivity index (χ3n) is 3.13. The molecule has 0 saturated heterocycles. The monoisotopic (exact) mass is 392 g/mol. The molecular formula is C17H17BrN2O4. The molecule has 0 aromatic heterocycles. The number of halogens is 1. The van der Waals surface area contributed by atoms with E-state index in [9.17, 15) is 9.59 Å². The van der Waals surface area contributed by atoms with Gasteiger partial charge in [0, 0.05) is 21.8 Å². The van der Waals surface area contributed by atoms with Crippen LogP contribution in [-0.2, 0) is 4.79 Å². The zero-order chi connectivity index (χ0) is 17.5. The lowest BCUT2D eigenvalue weighted by Gasteiger charge is -2.10. The van der Waals surface area contributed by atoms with Gasteiger partial charge in [-0.3, -0.25) is 9.59 Å². The van der Waals surface area contributed by atoms with E-state index < -0.39 is 5.91 Å². The molecule has 0 atom stereocenters. The Kier molecular flexibility index (Phi) is 6.20. The predicted molar refractivity (Wildman–Crippen MR) is 94.7 cm³/mol. The third-order valence-corrected chi connectivity index (χ3v) is 3.62. The molecule has 6 nitrogen and oxygen atoms in total. The average molecular weight is 393 g/mol. The summed E-state index contributed by atoms with van der Waals surface area (Å²) in [5, 5.41) is 5.26. The first-order valence-electron chi connectivity index (χ1n) is 7.08. The second-order valence-corrected chi connectivity index (χ2v) is 5.76. The summed E-state index contributed by atoms with van der Waals surface area (Å²) in [5.74, 6) is 0.282. The van der Waals surface area contributed by atoms with Gasteiger partial charge in [-0.1, -0.05) is 22.0 Å². The largest absolute Gasteiger partial charge is 0.497 e. The van der Waals surface area contributed by atoms with Crippen LogP contribution in [-0.4, -0.2) is 32.6 Å². The van der Waals surface area contributed by atoms with Crippen LogP contribution in [0, 0.1) is 0 Å². The zero-order valence-corrected chi connectivity index (χ0v) is 14.8. The summed E-state index contributed by atoms with van der Waals surface area (Å²) in [6, 6.07) is 12.0. The molecule has 7 heteroatoms. The highest BCUT2D eigenvalue weighted by molar-refractivity contribution is 9.10. The third kappa shape index (κ3) is 4.99. The van der Waals surface area contributed by atoms with Crippen LogP contribution in [0.2, 0.25) is 0 Å². The maximum Gasteiger partial charge on any atom is 0.251 e. The van der Waals surface area contributed by atoms with Gasteiger partial charge in [-0.25, -0.2) is 0 Å². The SMILES string of the molecule is COc1cc(OC)cc(C(=O)NCC(=O)Nc2cccc(Br)c2)c1. The minimum Gasteiger partial charge on any atom is -0.497 e. The number of hydrogen-bond donors (Lipinski definition) is 2. The van der Waals surface area contributed by atoms with Crippen LogP contribution in [0.4, 0.5) is 5.69 Å². The van der Waals surface area contributed by atoms with Gasteiger partial charge in [-0.15, -0.1) is 0 Å². The number of rotatable bonds is 6. The Labute approximate surface area is 148 Å². The number of nitrogens with one attached hydrogen (secondary N) is 2. The second kappa shape index (κ2) is 8.35. The van der Waals surface area contributed by atoms with Crippen molar-refractivity contribution in [3.8, 4) is 11.5 Å². The Hall–Kier alpha value is -2.54. The molecule has 2 aromatic rings. The standard InChI is InChI=1S/C17H17BrN2O4/c1-23-14-6-11(7-15(9-14)24-2)17(22)19-10-16(21)20-13-5-3-4-12(18)8-13/h3-9H,10H2,1-2H3,(H,19,22)(H,20,21). The van der Waals surface area contributed by atoms with Gasteiger partial charge in [-0.2, -0.15) is 0 Å². The fraction of sp³-hybridized carbons (Fsp3) is 0.176. The average Bonchev–Trinajstić information content (AvgIpc) is 2.59. The molecule has 2 rings (SSSR count). The molecule has 126 valence electrons. The Morgan fingerprint density at radius 1 is 1.04 bits per heavy atom. The van der Waals surface area contributed by atoms with Gasteiger partial charge in [0.25, 0.3) is 5.91 Å². The first-order valence-corrected chi connectivity index (χ1v) is 7.88. The van der Waals surface area contributed by atoms with Crippen molar-refractivity contribution >= 4 is 33.4 Å². The van der Waals surface area contributed by atoms with Crippen molar-refractivity contribution in [3.63, 3.8) is 0 Å². The molecule has 2 amide bonds. The van der Waals surface area contributed by atoms with Crippen molar-refractivity contribution in [2.45, 2.75) is 0 Å². The van der Waals surface area contributed by atoms with Crippen LogP contribution < -0.4 is 20.1 Å². The normalized spacial score (nSPS) is 9.96. The number of carbonyl (C=O) groups is 2. The molecule has 24 heavy (non-hydrogen) atoms. The molecule has 0 aliphatic rings. The minimum absolute atomic E-state index is 0.148. The number of hydrogen-bond acceptors (Lipinski definition) is 4. The Balaban J connectivity index is 1.96. The van der Waals surface area contributed by atoms with Crippen molar-refractivity contribution in [3.05, 3.63) is 52.5 Å². The highest BCUT2D eigenvalue weighted by Crippen LogP contribution is 2.22. The fourth-order valence-electron chi connectivity index (χ4n) is 1.97. The molecule has 0 aliphatic carbocycles. The van der Waals surface area contributed by atoms with E-state index in [0.29, 0.717) is 22.7 Å². The van der Waals surface area contributed by atoms with Crippen molar-refractivity contribution in [2.75, 3.05) is 26.1 Å². The van der Waals surface area contributed by atoms with Gasteiger partial charge in [-0.05, 0) is 30.3 Å². The van der Waals surface area contributed by atoms with Crippen LogP contribution in [0.3, 0.4) is 0 Å². The maximum absolute atomic E-state index is 12.2. The molecule has 0 heterocycles. The van der Waals surface area contributed by atoms with E-state index in [4.69, 9.17) is 9.47 Å². The first kappa shape index (κ1) is 17.8. The van der Waals surface area contributed by atoms with Crippen molar-refractivity contribution in [1.29, 1.82) is 0 Å². The van der Waals surface area contributed by atoms with Gasteiger partial charge in [0.1, 0.15) is 11.5 Å². The van der Waals surface area contributed by atoms with Gasteiger partial charge in [0.15, 0.2) is 0 Å². The maximum atomic E-state index is 12.2. The van der Waals surface area contributed by atoms with E-state index in [1.54, 1.807) is 36.4 Å². The second-order valence-electron chi connectivity index (χ2n) is 4.84. The van der Waals surface area contributed by atoms with E-state index in [1.807, 2.05) is 6.07 Å². The Morgan fingerprint density at radius 3 is 2.29 bits per heavy atom. The molecular weight excluding hydrogens is 376 g/mol. The van der Waals surface area contributed by atoms with Gasteiger partial charge >= 0.3 is 0 Å². The van der Waals surface area contributed by atoms with E-state index in [2.05, 4.69) is 26.6 Å². The lowest BCUT2D eigenvalue weighted by Crippen LogP contribution is -2.32. The van der Waals surface area contributed by atoms with E-state index in [0.717, 1.165) is 4.47 Å². The fourth-order valence-corrected chi connectivity index (χ4v) is 2.37.